The summed E-state index contributed by atoms with van der Waals surface area (Å²) in [6.45, 7) is 2.60. The van der Waals surface area contributed by atoms with Gasteiger partial charge in [0, 0.05) is 13.3 Å². The van der Waals surface area contributed by atoms with Crippen LogP contribution in [0.2, 0.25) is 0 Å². The zero-order chi connectivity index (χ0) is 4.50. The molecule has 0 heterocycles. The fourth-order valence-corrected chi connectivity index (χ4v) is 0. The second kappa shape index (κ2) is 3.78. The van der Waals surface area contributed by atoms with Gasteiger partial charge < -0.3 is 6.32 Å². The molecule has 2 nitrogen and oxygen atoms in total. The van der Waals surface area contributed by atoms with Crippen molar-refractivity contribution < 1.29 is 62.3 Å². The van der Waals surface area contributed by atoms with Crippen LogP contribution < -0.4 is 51.4 Å². The molecule has 6 heavy (non-hydrogen) atoms. The first-order valence-corrected chi connectivity index (χ1v) is 3.83. The van der Waals surface area contributed by atoms with Crippen molar-refractivity contribution in [3.63, 3.8) is 0 Å². The SMILES string of the molecule is CP(C)(=O)O.[H-].[K+]. The van der Waals surface area contributed by atoms with Crippen LogP contribution in [0.1, 0.15) is 1.43 Å². The average molecular weight is 134 g/mol. The standard InChI is InChI=1S/C2H7O2P.K.H/c1-5(2,3)4;;/h1-2H3,(H,3,4);;/q;+1;-1. The largest absolute Gasteiger partial charge is 1.00 e. The van der Waals surface area contributed by atoms with Gasteiger partial charge >= 0.3 is 51.4 Å². The van der Waals surface area contributed by atoms with E-state index in [1.807, 2.05) is 0 Å². The van der Waals surface area contributed by atoms with Gasteiger partial charge in [-0.25, -0.2) is 0 Å². The Hall–Kier alpha value is 1.83. The maximum atomic E-state index is 9.77. The molecule has 0 saturated carbocycles. The Kier molecular flexibility index (Phi) is 6.77. The van der Waals surface area contributed by atoms with Crippen LogP contribution >= 0.6 is 7.37 Å². The molecule has 0 aliphatic heterocycles. The Labute approximate surface area is 81.7 Å². The Bertz CT molecular complexity index is 61.8. The quantitative estimate of drug-likeness (QED) is 0.297. The Morgan fingerprint density at radius 3 is 1.67 bits per heavy atom. The van der Waals surface area contributed by atoms with Crippen molar-refractivity contribution in [1.82, 2.24) is 0 Å². The van der Waals surface area contributed by atoms with Crippen LogP contribution in [0, 0.1) is 0 Å². The van der Waals surface area contributed by atoms with Gasteiger partial charge in [0.2, 0.25) is 0 Å². The van der Waals surface area contributed by atoms with E-state index in [0.29, 0.717) is 0 Å². The van der Waals surface area contributed by atoms with Crippen molar-refractivity contribution in [3.05, 3.63) is 0 Å². The maximum Gasteiger partial charge on any atom is 1.00 e. The second-order valence-corrected chi connectivity index (χ2v) is 3.88. The normalized spacial score (nSPS) is 9.83. The van der Waals surface area contributed by atoms with Gasteiger partial charge in [-0.05, 0) is 0 Å². The Morgan fingerprint density at radius 2 is 1.67 bits per heavy atom. The third-order valence-corrected chi connectivity index (χ3v) is 0. The summed E-state index contributed by atoms with van der Waals surface area (Å²) >= 11 is 0. The van der Waals surface area contributed by atoms with E-state index in [9.17, 15) is 4.57 Å². The van der Waals surface area contributed by atoms with Crippen LogP contribution in [-0.2, 0) is 4.57 Å². The molecule has 0 amide bonds. The Balaban J connectivity index is -0.0000000800. The van der Waals surface area contributed by atoms with Gasteiger partial charge in [0.05, 0.1) is 0 Å². The first-order valence-electron chi connectivity index (χ1n) is 1.28. The molecule has 0 aromatic heterocycles. The minimum absolute atomic E-state index is 0. The van der Waals surface area contributed by atoms with Gasteiger partial charge in [0.1, 0.15) is 0 Å². The summed E-state index contributed by atoms with van der Waals surface area (Å²) in [7, 11) is -2.64. The summed E-state index contributed by atoms with van der Waals surface area (Å²) in [6.07, 6.45) is 0. The number of hydrogen-bond donors (Lipinski definition) is 1. The molecule has 0 fully saturated rings. The van der Waals surface area contributed by atoms with Crippen molar-refractivity contribution >= 4 is 7.37 Å². The first-order chi connectivity index (χ1) is 2.00. The van der Waals surface area contributed by atoms with Gasteiger partial charge in [-0.2, -0.15) is 0 Å². The van der Waals surface area contributed by atoms with Crippen molar-refractivity contribution in [2.75, 3.05) is 13.3 Å². The van der Waals surface area contributed by atoms with Crippen LogP contribution in [0.4, 0.5) is 0 Å². The summed E-state index contributed by atoms with van der Waals surface area (Å²) in [4.78, 5) is 8.08. The fourth-order valence-electron chi connectivity index (χ4n) is 0. The molecule has 0 atom stereocenters. The van der Waals surface area contributed by atoms with Gasteiger partial charge in [0.15, 0.2) is 7.37 Å². The predicted molar refractivity (Wildman–Crippen MR) is 22.8 cm³/mol. The molecule has 0 saturated heterocycles. The summed E-state index contributed by atoms with van der Waals surface area (Å²) in [5, 5.41) is 0. The molecule has 4 heteroatoms. The third kappa shape index (κ3) is 40.7. The van der Waals surface area contributed by atoms with E-state index >= 15 is 0 Å². The van der Waals surface area contributed by atoms with E-state index in [2.05, 4.69) is 0 Å². The zero-order valence-electron chi connectivity index (χ0n) is 5.30. The van der Waals surface area contributed by atoms with Crippen molar-refractivity contribution in [2.45, 2.75) is 0 Å². The fraction of sp³-hybridized carbons (Fsp3) is 1.00. The maximum absolute atomic E-state index is 9.77. The molecule has 0 aromatic rings. The molecule has 0 aliphatic rings. The topological polar surface area (TPSA) is 37.3 Å². The molecule has 0 aromatic carbocycles. The second-order valence-electron chi connectivity index (χ2n) is 1.29. The molecule has 1 N–H and O–H groups in total. The summed E-state index contributed by atoms with van der Waals surface area (Å²) in [5.74, 6) is 0. The predicted octanol–water partition coefficient (Wildman–Crippen LogP) is -2.37. The third-order valence-electron chi connectivity index (χ3n) is 0. The van der Waals surface area contributed by atoms with E-state index in [4.69, 9.17) is 4.89 Å². The van der Waals surface area contributed by atoms with E-state index in [1.54, 1.807) is 0 Å². The molecule has 34 valence electrons. The van der Waals surface area contributed by atoms with Gasteiger partial charge in [-0.15, -0.1) is 0 Å². The summed E-state index contributed by atoms with van der Waals surface area (Å²) < 4.78 is 9.77. The zero-order valence-corrected chi connectivity index (χ0v) is 8.32. The monoisotopic (exact) mass is 134 g/mol. The van der Waals surface area contributed by atoms with Crippen molar-refractivity contribution in [3.8, 4) is 0 Å². The molecule has 0 aliphatic carbocycles. The molecule has 0 unspecified atom stereocenters. The minimum atomic E-state index is -2.64. The van der Waals surface area contributed by atoms with Gasteiger partial charge in [-0.1, -0.05) is 0 Å². The number of rotatable bonds is 0. The van der Waals surface area contributed by atoms with Crippen LogP contribution in [0.3, 0.4) is 0 Å². The molecule has 0 spiro atoms. The molecule has 0 bridgehead atoms. The summed E-state index contributed by atoms with van der Waals surface area (Å²) in [5.41, 5.74) is 0. The molecular formula is C2H8KO2P. The smallest absolute Gasteiger partial charge is 1.00 e. The van der Waals surface area contributed by atoms with Crippen molar-refractivity contribution in [2.24, 2.45) is 0 Å². The van der Waals surface area contributed by atoms with Crippen molar-refractivity contribution in [1.29, 1.82) is 0 Å². The van der Waals surface area contributed by atoms with Crippen LogP contribution in [0.25, 0.3) is 0 Å². The van der Waals surface area contributed by atoms with Crippen LogP contribution in [0.15, 0.2) is 0 Å². The van der Waals surface area contributed by atoms with Crippen LogP contribution in [-0.4, -0.2) is 18.2 Å². The van der Waals surface area contributed by atoms with E-state index in [-0.39, 0.29) is 52.8 Å². The minimum Gasteiger partial charge on any atom is -1.00 e. The van der Waals surface area contributed by atoms with Gasteiger partial charge in [-0.3, -0.25) is 4.57 Å². The molecule has 0 radical (unpaired) electrons. The summed E-state index contributed by atoms with van der Waals surface area (Å²) in [6, 6.07) is 0. The molecular weight excluding hydrogens is 126 g/mol. The molecule has 0 rings (SSSR count). The van der Waals surface area contributed by atoms with E-state index in [0.717, 1.165) is 0 Å². The van der Waals surface area contributed by atoms with Crippen LogP contribution in [0.5, 0.6) is 0 Å². The number of hydrogen-bond acceptors (Lipinski definition) is 1. The first kappa shape index (κ1) is 10.7. The van der Waals surface area contributed by atoms with Gasteiger partial charge in [0.25, 0.3) is 0 Å². The van der Waals surface area contributed by atoms with E-state index < -0.39 is 7.37 Å². The Morgan fingerprint density at radius 1 is 1.67 bits per heavy atom. The average Bonchev–Trinajstić information content (AvgIpc) is 0.722. The van der Waals surface area contributed by atoms with E-state index in [1.165, 1.54) is 13.3 Å².